The first kappa shape index (κ1) is 20.9. The average molecular weight is 456 g/mol. The van der Waals surface area contributed by atoms with Crippen molar-refractivity contribution in [3.63, 3.8) is 0 Å². The maximum absolute atomic E-state index is 12.6. The zero-order chi connectivity index (χ0) is 22.0. The quantitative estimate of drug-likeness (QED) is 0.261. The second-order valence-corrected chi connectivity index (χ2v) is 8.95. The van der Waals surface area contributed by atoms with E-state index >= 15 is 0 Å². The predicted molar refractivity (Wildman–Crippen MR) is 119 cm³/mol. The first-order valence-electron chi connectivity index (χ1n) is 9.34. The van der Waals surface area contributed by atoms with Crippen molar-refractivity contribution in [3.8, 4) is 0 Å². The Kier molecular flexibility index (Phi) is 5.96. The van der Waals surface area contributed by atoms with Crippen molar-refractivity contribution < 1.29 is 14.5 Å². The number of carbonyl (C=O) groups is 2. The zero-order valence-electron chi connectivity index (χ0n) is 16.4. The van der Waals surface area contributed by atoms with Crippen LogP contribution in [-0.2, 0) is 11.2 Å². The number of carbonyl (C=O) groups excluding carboxylic acids is 2. The third-order valence-corrected chi connectivity index (χ3v) is 6.84. The molecule has 0 atom stereocenters. The molecule has 31 heavy (non-hydrogen) atoms. The van der Waals surface area contributed by atoms with Crippen LogP contribution in [0.3, 0.4) is 0 Å². The van der Waals surface area contributed by atoms with Crippen LogP contribution < -0.4 is 10.2 Å². The van der Waals surface area contributed by atoms with Crippen LogP contribution in [0.15, 0.2) is 46.8 Å². The molecule has 4 rings (SSSR count). The van der Waals surface area contributed by atoms with Gasteiger partial charge in [0.15, 0.2) is 4.34 Å². The van der Waals surface area contributed by atoms with Crippen LogP contribution in [0.2, 0.25) is 0 Å². The molecular formula is C20H17N5O4S2. The fourth-order valence-electron chi connectivity index (χ4n) is 3.35. The molecule has 0 fully saturated rings. The van der Waals surface area contributed by atoms with Crippen LogP contribution in [0.5, 0.6) is 0 Å². The standard InChI is InChI=1S/C20H17N5O4S2/c1-12-14(6-4-8-15(12)25(28)29)18(27)21-19-22-23-20(31-19)30-11-17(26)24-10-9-13-5-2-3-7-16(13)24/h2-8H,9-11H2,1H3,(H,21,22,27). The molecule has 0 unspecified atom stereocenters. The summed E-state index contributed by atoms with van der Waals surface area (Å²) >= 11 is 2.40. The van der Waals surface area contributed by atoms with Crippen molar-refractivity contribution in [2.24, 2.45) is 0 Å². The Hall–Kier alpha value is -3.31. The maximum atomic E-state index is 12.6. The van der Waals surface area contributed by atoms with E-state index in [1.54, 1.807) is 4.90 Å². The lowest BCUT2D eigenvalue weighted by molar-refractivity contribution is -0.385. The van der Waals surface area contributed by atoms with Crippen LogP contribution in [0.4, 0.5) is 16.5 Å². The number of fused-ring (bicyclic) bond motifs is 1. The van der Waals surface area contributed by atoms with Gasteiger partial charge >= 0.3 is 0 Å². The molecule has 0 saturated carbocycles. The molecule has 158 valence electrons. The highest BCUT2D eigenvalue weighted by atomic mass is 32.2. The molecule has 1 aliphatic rings. The van der Waals surface area contributed by atoms with Gasteiger partial charge in [0.2, 0.25) is 11.0 Å². The number of amides is 2. The first-order chi connectivity index (χ1) is 14.9. The van der Waals surface area contributed by atoms with E-state index in [1.165, 1.54) is 42.4 Å². The molecule has 1 aliphatic heterocycles. The molecule has 2 amide bonds. The Morgan fingerprint density at radius 3 is 2.84 bits per heavy atom. The smallest absolute Gasteiger partial charge is 0.273 e. The number of thioether (sulfide) groups is 1. The topological polar surface area (TPSA) is 118 Å². The van der Waals surface area contributed by atoms with E-state index in [4.69, 9.17) is 0 Å². The normalized spacial score (nSPS) is 12.5. The second kappa shape index (κ2) is 8.82. The number of para-hydroxylation sites is 1. The third-order valence-electron chi connectivity index (χ3n) is 4.88. The van der Waals surface area contributed by atoms with E-state index in [9.17, 15) is 19.7 Å². The molecule has 9 nitrogen and oxygen atoms in total. The van der Waals surface area contributed by atoms with E-state index in [2.05, 4.69) is 15.5 Å². The van der Waals surface area contributed by atoms with Crippen molar-refractivity contribution in [3.05, 3.63) is 69.3 Å². The summed E-state index contributed by atoms with van der Waals surface area (Å²) in [5.74, 6) is -0.303. The number of benzene rings is 2. The molecule has 0 aliphatic carbocycles. The lowest BCUT2D eigenvalue weighted by Gasteiger charge is -2.16. The summed E-state index contributed by atoms with van der Waals surface area (Å²) in [7, 11) is 0. The lowest BCUT2D eigenvalue weighted by Crippen LogP contribution is -2.30. The summed E-state index contributed by atoms with van der Waals surface area (Å²) in [5.41, 5.74) is 2.47. The molecule has 3 aromatic rings. The predicted octanol–water partition coefficient (Wildman–Crippen LogP) is 3.69. The minimum atomic E-state index is -0.526. The van der Waals surface area contributed by atoms with E-state index in [-0.39, 0.29) is 33.6 Å². The fourth-order valence-corrected chi connectivity index (χ4v) is 4.97. The van der Waals surface area contributed by atoms with Gasteiger partial charge in [0, 0.05) is 29.4 Å². The Morgan fingerprint density at radius 1 is 1.23 bits per heavy atom. The molecule has 11 heteroatoms. The molecule has 2 heterocycles. The minimum Gasteiger partial charge on any atom is -0.311 e. The SMILES string of the molecule is Cc1c(C(=O)Nc2nnc(SCC(=O)N3CCc4ccccc43)s2)cccc1[N+](=O)[O-]. The number of hydrogen-bond donors (Lipinski definition) is 1. The average Bonchev–Trinajstić information content (AvgIpc) is 3.38. The van der Waals surface area contributed by atoms with Gasteiger partial charge in [0.25, 0.3) is 11.6 Å². The van der Waals surface area contributed by atoms with Crippen LogP contribution >= 0.6 is 23.1 Å². The molecule has 0 saturated heterocycles. The highest BCUT2D eigenvalue weighted by Crippen LogP contribution is 2.30. The van der Waals surface area contributed by atoms with Crippen LogP contribution in [-0.4, -0.2) is 39.2 Å². The summed E-state index contributed by atoms with van der Waals surface area (Å²) in [6.07, 6.45) is 0.846. The van der Waals surface area contributed by atoms with Gasteiger partial charge in [-0.3, -0.25) is 25.0 Å². The second-order valence-electron chi connectivity index (χ2n) is 6.75. The van der Waals surface area contributed by atoms with E-state index in [0.717, 1.165) is 23.4 Å². The monoisotopic (exact) mass is 455 g/mol. The van der Waals surface area contributed by atoms with E-state index in [1.807, 2.05) is 24.3 Å². The molecule has 0 radical (unpaired) electrons. The fraction of sp³-hybridized carbons (Fsp3) is 0.200. The van der Waals surface area contributed by atoms with Crippen molar-refractivity contribution in [1.29, 1.82) is 0 Å². The number of nitro groups is 1. The molecule has 0 spiro atoms. The van der Waals surface area contributed by atoms with Gasteiger partial charge in [0.1, 0.15) is 0 Å². The largest absolute Gasteiger partial charge is 0.311 e. The minimum absolute atomic E-state index is 0.0112. The van der Waals surface area contributed by atoms with Gasteiger partial charge < -0.3 is 4.90 Å². The summed E-state index contributed by atoms with van der Waals surface area (Å²) in [4.78, 5) is 37.4. The number of aromatic nitrogens is 2. The first-order valence-corrected chi connectivity index (χ1v) is 11.1. The van der Waals surface area contributed by atoms with E-state index in [0.29, 0.717) is 10.9 Å². The van der Waals surface area contributed by atoms with Crippen LogP contribution in [0.1, 0.15) is 21.5 Å². The molecular weight excluding hydrogens is 438 g/mol. The molecule has 1 N–H and O–H groups in total. The van der Waals surface area contributed by atoms with Gasteiger partial charge in [-0.05, 0) is 31.0 Å². The van der Waals surface area contributed by atoms with Gasteiger partial charge in [-0.1, -0.05) is 47.4 Å². The highest BCUT2D eigenvalue weighted by Gasteiger charge is 2.24. The number of nitrogens with one attached hydrogen (secondary N) is 1. The van der Waals surface area contributed by atoms with Crippen molar-refractivity contribution in [2.75, 3.05) is 22.5 Å². The lowest BCUT2D eigenvalue weighted by atomic mass is 10.1. The summed E-state index contributed by atoms with van der Waals surface area (Å²) in [6.45, 7) is 2.19. The molecule has 0 bridgehead atoms. The Balaban J connectivity index is 1.37. The van der Waals surface area contributed by atoms with Gasteiger partial charge in [-0.2, -0.15) is 0 Å². The van der Waals surface area contributed by atoms with Gasteiger partial charge in [-0.15, -0.1) is 10.2 Å². The maximum Gasteiger partial charge on any atom is 0.273 e. The number of anilines is 2. The summed E-state index contributed by atoms with van der Waals surface area (Å²) in [6, 6.07) is 12.2. The van der Waals surface area contributed by atoms with Crippen molar-refractivity contribution in [1.82, 2.24) is 10.2 Å². The number of nitrogens with zero attached hydrogens (tertiary/aromatic N) is 4. The molecule has 1 aromatic heterocycles. The molecule has 2 aromatic carbocycles. The Morgan fingerprint density at radius 2 is 2.03 bits per heavy atom. The van der Waals surface area contributed by atoms with Crippen LogP contribution in [0.25, 0.3) is 0 Å². The van der Waals surface area contributed by atoms with E-state index < -0.39 is 10.8 Å². The van der Waals surface area contributed by atoms with Gasteiger partial charge in [0.05, 0.1) is 10.7 Å². The number of hydrogen-bond acceptors (Lipinski definition) is 8. The summed E-state index contributed by atoms with van der Waals surface area (Å²) in [5, 5.41) is 21.9. The van der Waals surface area contributed by atoms with Crippen molar-refractivity contribution in [2.45, 2.75) is 17.7 Å². The van der Waals surface area contributed by atoms with Gasteiger partial charge in [-0.25, -0.2) is 0 Å². The highest BCUT2D eigenvalue weighted by molar-refractivity contribution is 8.01. The zero-order valence-corrected chi connectivity index (χ0v) is 18.0. The Bertz CT molecular complexity index is 1180. The third kappa shape index (κ3) is 4.42. The Labute approximate surface area is 185 Å². The van der Waals surface area contributed by atoms with Crippen molar-refractivity contribution >= 4 is 51.4 Å². The summed E-state index contributed by atoms with van der Waals surface area (Å²) < 4.78 is 0.548. The number of rotatable bonds is 6. The number of nitro benzene ring substituents is 1. The van der Waals surface area contributed by atoms with Crippen LogP contribution in [0, 0.1) is 17.0 Å².